The van der Waals surface area contributed by atoms with E-state index in [-0.39, 0.29) is 0 Å². The molecule has 1 heterocycles. The molecular formula is C18H30N2. The number of nitrogens with zero attached hydrogens (tertiary/aromatic N) is 1. The number of hydrogen-bond acceptors (Lipinski definition) is 2. The molecule has 2 atom stereocenters. The van der Waals surface area contributed by atoms with Crippen LogP contribution in [0.5, 0.6) is 0 Å². The van der Waals surface area contributed by atoms with Crippen LogP contribution in [-0.2, 0) is 0 Å². The molecule has 20 heavy (non-hydrogen) atoms. The van der Waals surface area contributed by atoms with Gasteiger partial charge >= 0.3 is 0 Å². The molecule has 1 saturated heterocycles. The normalized spacial score (nSPS) is 20.9. The number of hydrogen-bond donors (Lipinski definition) is 1. The Kier molecular flexibility index (Phi) is 6.55. The van der Waals surface area contributed by atoms with E-state index in [4.69, 9.17) is 0 Å². The SMILES string of the molecule is CCNC(c1ccccc1)C(C)N1CCCCCCC1. The van der Waals surface area contributed by atoms with E-state index < -0.39 is 0 Å². The molecule has 1 aliphatic heterocycles. The molecule has 0 aliphatic carbocycles. The van der Waals surface area contributed by atoms with Gasteiger partial charge in [0.25, 0.3) is 0 Å². The van der Waals surface area contributed by atoms with E-state index in [0.717, 1.165) is 6.54 Å². The van der Waals surface area contributed by atoms with E-state index in [0.29, 0.717) is 12.1 Å². The maximum absolute atomic E-state index is 3.69. The van der Waals surface area contributed by atoms with Gasteiger partial charge in [0.2, 0.25) is 0 Å². The molecule has 2 unspecified atom stereocenters. The van der Waals surface area contributed by atoms with Gasteiger partial charge in [0.1, 0.15) is 0 Å². The zero-order valence-corrected chi connectivity index (χ0v) is 13.1. The zero-order chi connectivity index (χ0) is 14.2. The van der Waals surface area contributed by atoms with Gasteiger partial charge in [-0.05, 0) is 45.0 Å². The molecule has 1 aromatic rings. The predicted octanol–water partition coefficient (Wildman–Crippen LogP) is 3.99. The third-order valence-corrected chi connectivity index (χ3v) is 4.53. The molecule has 0 bridgehead atoms. The molecular weight excluding hydrogens is 244 g/mol. The van der Waals surface area contributed by atoms with Crippen molar-refractivity contribution in [2.75, 3.05) is 19.6 Å². The van der Waals surface area contributed by atoms with Crippen molar-refractivity contribution in [2.45, 2.75) is 58.0 Å². The van der Waals surface area contributed by atoms with Crippen molar-refractivity contribution in [3.05, 3.63) is 35.9 Å². The van der Waals surface area contributed by atoms with Gasteiger partial charge in [-0.2, -0.15) is 0 Å². The lowest BCUT2D eigenvalue weighted by atomic mass is 9.97. The summed E-state index contributed by atoms with van der Waals surface area (Å²) in [4.78, 5) is 2.69. The first-order valence-electron chi connectivity index (χ1n) is 8.35. The number of nitrogens with one attached hydrogen (secondary N) is 1. The molecule has 2 heteroatoms. The lowest BCUT2D eigenvalue weighted by molar-refractivity contribution is 0.156. The minimum Gasteiger partial charge on any atom is -0.309 e. The molecule has 0 amide bonds. The highest BCUT2D eigenvalue weighted by molar-refractivity contribution is 5.20. The topological polar surface area (TPSA) is 15.3 Å². The van der Waals surface area contributed by atoms with Gasteiger partial charge in [-0.1, -0.05) is 56.5 Å². The highest BCUT2D eigenvalue weighted by atomic mass is 15.2. The fourth-order valence-electron chi connectivity index (χ4n) is 3.34. The Morgan fingerprint density at radius 1 is 1.00 bits per heavy atom. The summed E-state index contributed by atoms with van der Waals surface area (Å²) in [5.41, 5.74) is 1.42. The molecule has 2 rings (SSSR count). The highest BCUT2D eigenvalue weighted by Gasteiger charge is 2.24. The van der Waals surface area contributed by atoms with E-state index in [2.05, 4.69) is 54.4 Å². The quantitative estimate of drug-likeness (QED) is 0.873. The fourth-order valence-corrected chi connectivity index (χ4v) is 3.34. The smallest absolute Gasteiger partial charge is 0.0475 e. The van der Waals surface area contributed by atoms with Crippen LogP contribution in [0.4, 0.5) is 0 Å². The summed E-state index contributed by atoms with van der Waals surface area (Å²) < 4.78 is 0. The van der Waals surface area contributed by atoms with Crippen LogP contribution in [0.1, 0.15) is 57.6 Å². The first kappa shape index (κ1) is 15.5. The third-order valence-electron chi connectivity index (χ3n) is 4.53. The minimum absolute atomic E-state index is 0.445. The Bertz CT molecular complexity index is 355. The van der Waals surface area contributed by atoms with Crippen LogP contribution >= 0.6 is 0 Å². The Morgan fingerprint density at radius 3 is 2.20 bits per heavy atom. The van der Waals surface area contributed by atoms with Crippen molar-refractivity contribution in [1.82, 2.24) is 10.2 Å². The summed E-state index contributed by atoms with van der Waals surface area (Å²) in [6.45, 7) is 8.14. The standard InChI is InChI=1S/C18H30N2/c1-3-19-18(17-12-8-7-9-13-17)16(2)20-14-10-5-4-6-11-15-20/h7-9,12-13,16,18-19H,3-6,10-11,14-15H2,1-2H3. The van der Waals surface area contributed by atoms with Crippen LogP contribution in [-0.4, -0.2) is 30.6 Å². The first-order valence-corrected chi connectivity index (χ1v) is 8.35. The lowest BCUT2D eigenvalue weighted by Crippen LogP contribution is -2.44. The van der Waals surface area contributed by atoms with Crippen LogP contribution in [0.3, 0.4) is 0 Å². The van der Waals surface area contributed by atoms with E-state index in [1.165, 1.54) is 50.8 Å². The van der Waals surface area contributed by atoms with Gasteiger partial charge in [0.05, 0.1) is 0 Å². The summed E-state index contributed by atoms with van der Waals surface area (Å²) in [5.74, 6) is 0. The molecule has 1 N–H and O–H groups in total. The molecule has 112 valence electrons. The van der Waals surface area contributed by atoms with Gasteiger partial charge in [-0.15, -0.1) is 0 Å². The second-order valence-corrected chi connectivity index (χ2v) is 5.99. The van der Waals surface area contributed by atoms with Gasteiger partial charge in [0, 0.05) is 12.1 Å². The first-order chi connectivity index (χ1) is 9.83. The maximum atomic E-state index is 3.69. The largest absolute Gasteiger partial charge is 0.309 e. The number of likely N-dealkylation sites (N-methyl/N-ethyl adjacent to an activating group) is 1. The Hall–Kier alpha value is -0.860. The molecule has 2 nitrogen and oxygen atoms in total. The molecule has 1 fully saturated rings. The summed E-state index contributed by atoms with van der Waals surface area (Å²) in [6.07, 6.45) is 6.95. The van der Waals surface area contributed by atoms with E-state index in [1.54, 1.807) is 0 Å². The second kappa shape index (κ2) is 8.43. The van der Waals surface area contributed by atoms with Crippen molar-refractivity contribution in [1.29, 1.82) is 0 Å². The van der Waals surface area contributed by atoms with E-state index in [9.17, 15) is 0 Å². The van der Waals surface area contributed by atoms with Crippen molar-refractivity contribution in [2.24, 2.45) is 0 Å². The zero-order valence-electron chi connectivity index (χ0n) is 13.1. The molecule has 0 radical (unpaired) electrons. The molecule has 1 aromatic carbocycles. The maximum Gasteiger partial charge on any atom is 0.0475 e. The van der Waals surface area contributed by atoms with Crippen molar-refractivity contribution >= 4 is 0 Å². The summed E-state index contributed by atoms with van der Waals surface area (Å²) in [5, 5.41) is 3.69. The third kappa shape index (κ3) is 4.32. The minimum atomic E-state index is 0.445. The fraction of sp³-hybridized carbons (Fsp3) is 0.667. The molecule has 0 aromatic heterocycles. The Labute approximate surface area is 124 Å². The number of rotatable bonds is 5. The lowest BCUT2D eigenvalue weighted by Gasteiger charge is -2.36. The van der Waals surface area contributed by atoms with Gasteiger partial charge in [0.15, 0.2) is 0 Å². The van der Waals surface area contributed by atoms with Crippen LogP contribution in [0.2, 0.25) is 0 Å². The summed E-state index contributed by atoms with van der Waals surface area (Å²) in [6, 6.07) is 11.9. The van der Waals surface area contributed by atoms with Gasteiger partial charge < -0.3 is 5.32 Å². The molecule has 1 aliphatic rings. The van der Waals surface area contributed by atoms with Crippen molar-refractivity contribution in [3.8, 4) is 0 Å². The summed E-state index contributed by atoms with van der Waals surface area (Å²) >= 11 is 0. The van der Waals surface area contributed by atoms with Crippen LogP contribution in [0.15, 0.2) is 30.3 Å². The van der Waals surface area contributed by atoms with Crippen LogP contribution in [0.25, 0.3) is 0 Å². The summed E-state index contributed by atoms with van der Waals surface area (Å²) in [7, 11) is 0. The second-order valence-electron chi connectivity index (χ2n) is 5.99. The van der Waals surface area contributed by atoms with E-state index >= 15 is 0 Å². The monoisotopic (exact) mass is 274 g/mol. The van der Waals surface area contributed by atoms with E-state index in [1.807, 2.05) is 0 Å². The average Bonchev–Trinajstić information content (AvgIpc) is 2.45. The van der Waals surface area contributed by atoms with Crippen molar-refractivity contribution in [3.63, 3.8) is 0 Å². The van der Waals surface area contributed by atoms with Crippen LogP contribution < -0.4 is 5.32 Å². The van der Waals surface area contributed by atoms with Gasteiger partial charge in [-0.3, -0.25) is 4.90 Å². The highest BCUT2D eigenvalue weighted by Crippen LogP contribution is 2.23. The predicted molar refractivity (Wildman–Crippen MR) is 87.0 cm³/mol. The number of benzene rings is 1. The average molecular weight is 274 g/mol. The van der Waals surface area contributed by atoms with Crippen LogP contribution in [0, 0.1) is 0 Å². The van der Waals surface area contributed by atoms with Crippen molar-refractivity contribution < 1.29 is 0 Å². The molecule has 0 saturated carbocycles. The van der Waals surface area contributed by atoms with Gasteiger partial charge in [-0.25, -0.2) is 0 Å². The Balaban J connectivity index is 2.06. The molecule has 0 spiro atoms. The number of likely N-dealkylation sites (tertiary alicyclic amines) is 1. The Morgan fingerprint density at radius 2 is 1.60 bits per heavy atom.